The Labute approximate surface area is 74.9 Å². The Morgan fingerprint density at radius 3 is 2.92 bits per heavy atom. The first-order valence-electron chi connectivity index (χ1n) is 4.73. The molecule has 2 atom stereocenters. The molecule has 0 amide bonds. The highest BCUT2D eigenvalue weighted by Gasteiger charge is 2.21. The summed E-state index contributed by atoms with van der Waals surface area (Å²) < 4.78 is 5.28. The van der Waals surface area contributed by atoms with E-state index in [0.717, 1.165) is 19.5 Å². The molecule has 0 saturated carbocycles. The molecular weight excluding hydrogens is 152 g/mol. The lowest BCUT2D eigenvalue weighted by atomic mass is 10.2. The van der Waals surface area contributed by atoms with E-state index in [4.69, 9.17) is 10.5 Å². The van der Waals surface area contributed by atoms with E-state index in [2.05, 4.69) is 11.8 Å². The summed E-state index contributed by atoms with van der Waals surface area (Å²) in [4.78, 5) is 2.43. The molecule has 0 aliphatic carbocycles. The van der Waals surface area contributed by atoms with Crippen molar-refractivity contribution in [3.63, 3.8) is 0 Å². The molecule has 12 heavy (non-hydrogen) atoms. The number of ether oxygens (including phenoxy) is 1. The maximum absolute atomic E-state index is 5.68. The smallest absolute Gasteiger partial charge is 0.0710 e. The van der Waals surface area contributed by atoms with Crippen LogP contribution in [0.4, 0.5) is 0 Å². The van der Waals surface area contributed by atoms with Crippen LogP contribution in [0.2, 0.25) is 0 Å². The summed E-state index contributed by atoms with van der Waals surface area (Å²) in [6, 6.07) is 0.326. The van der Waals surface area contributed by atoms with Gasteiger partial charge in [0.1, 0.15) is 0 Å². The molecule has 2 unspecified atom stereocenters. The zero-order valence-corrected chi connectivity index (χ0v) is 8.12. The maximum Gasteiger partial charge on any atom is 0.0710 e. The lowest BCUT2D eigenvalue weighted by molar-refractivity contribution is 0.108. The molecular formula is C9H20N2O. The Bertz CT molecular complexity index is 128. The SMILES string of the molecule is COC1CCN(CCC(C)N)C1. The quantitative estimate of drug-likeness (QED) is 0.669. The van der Waals surface area contributed by atoms with E-state index in [1.807, 2.05) is 0 Å². The van der Waals surface area contributed by atoms with Crippen molar-refractivity contribution in [1.82, 2.24) is 4.90 Å². The highest BCUT2D eigenvalue weighted by atomic mass is 16.5. The molecule has 0 bridgehead atoms. The van der Waals surface area contributed by atoms with E-state index in [-0.39, 0.29) is 0 Å². The Kier molecular flexibility index (Phi) is 3.98. The number of methoxy groups -OCH3 is 1. The molecule has 0 spiro atoms. The van der Waals surface area contributed by atoms with Gasteiger partial charge in [-0.15, -0.1) is 0 Å². The van der Waals surface area contributed by atoms with Crippen LogP contribution in [0, 0.1) is 0 Å². The molecule has 1 rings (SSSR count). The second-order valence-corrected chi connectivity index (χ2v) is 3.71. The molecule has 1 saturated heterocycles. The summed E-state index contributed by atoms with van der Waals surface area (Å²) >= 11 is 0. The number of likely N-dealkylation sites (tertiary alicyclic amines) is 1. The number of rotatable bonds is 4. The number of nitrogens with zero attached hydrogens (tertiary/aromatic N) is 1. The third-order valence-corrected chi connectivity index (χ3v) is 2.46. The first kappa shape index (κ1) is 9.96. The van der Waals surface area contributed by atoms with Crippen molar-refractivity contribution < 1.29 is 4.74 Å². The molecule has 1 heterocycles. The van der Waals surface area contributed by atoms with Crippen LogP contribution >= 0.6 is 0 Å². The van der Waals surface area contributed by atoms with Crippen molar-refractivity contribution in [1.29, 1.82) is 0 Å². The largest absolute Gasteiger partial charge is 0.380 e. The van der Waals surface area contributed by atoms with Crippen molar-refractivity contribution in [2.45, 2.75) is 31.9 Å². The van der Waals surface area contributed by atoms with Gasteiger partial charge < -0.3 is 15.4 Å². The fraction of sp³-hybridized carbons (Fsp3) is 1.00. The highest BCUT2D eigenvalue weighted by molar-refractivity contribution is 4.76. The Balaban J connectivity index is 2.11. The molecule has 1 fully saturated rings. The predicted octanol–water partition coefficient (Wildman–Crippen LogP) is 0.444. The maximum atomic E-state index is 5.68. The zero-order valence-electron chi connectivity index (χ0n) is 8.12. The molecule has 1 aliphatic rings. The lowest BCUT2D eigenvalue weighted by Crippen LogP contribution is -2.28. The van der Waals surface area contributed by atoms with Gasteiger partial charge in [-0.05, 0) is 26.3 Å². The normalized spacial score (nSPS) is 27.8. The van der Waals surface area contributed by atoms with Gasteiger partial charge in [0.05, 0.1) is 6.10 Å². The monoisotopic (exact) mass is 172 g/mol. The summed E-state index contributed by atoms with van der Waals surface area (Å²) in [6.45, 7) is 5.44. The third-order valence-electron chi connectivity index (χ3n) is 2.46. The third kappa shape index (κ3) is 3.09. The van der Waals surface area contributed by atoms with Gasteiger partial charge in [0, 0.05) is 26.2 Å². The first-order chi connectivity index (χ1) is 5.72. The Morgan fingerprint density at radius 2 is 2.42 bits per heavy atom. The van der Waals surface area contributed by atoms with Gasteiger partial charge in [0.25, 0.3) is 0 Å². The number of hydrogen-bond acceptors (Lipinski definition) is 3. The molecule has 0 aromatic carbocycles. The second-order valence-electron chi connectivity index (χ2n) is 3.71. The second kappa shape index (κ2) is 4.80. The van der Waals surface area contributed by atoms with Crippen LogP contribution in [0.15, 0.2) is 0 Å². The average Bonchev–Trinajstić information content (AvgIpc) is 2.48. The van der Waals surface area contributed by atoms with Crippen molar-refractivity contribution >= 4 is 0 Å². The lowest BCUT2D eigenvalue weighted by Gasteiger charge is -2.16. The van der Waals surface area contributed by atoms with Crippen molar-refractivity contribution in [3.05, 3.63) is 0 Å². The summed E-state index contributed by atoms with van der Waals surface area (Å²) in [7, 11) is 1.79. The van der Waals surface area contributed by atoms with Gasteiger partial charge in [0.2, 0.25) is 0 Å². The number of hydrogen-bond donors (Lipinski definition) is 1. The first-order valence-corrected chi connectivity index (χ1v) is 4.73. The summed E-state index contributed by atoms with van der Waals surface area (Å²) in [6.07, 6.45) is 2.73. The minimum absolute atomic E-state index is 0.326. The standard InChI is InChI=1S/C9H20N2O/c1-8(10)3-5-11-6-4-9(7-11)12-2/h8-9H,3-7,10H2,1-2H3. The topological polar surface area (TPSA) is 38.5 Å². The number of nitrogens with two attached hydrogens (primary N) is 1. The van der Waals surface area contributed by atoms with Crippen LogP contribution in [0.1, 0.15) is 19.8 Å². The summed E-state index contributed by atoms with van der Waals surface area (Å²) in [5.41, 5.74) is 5.68. The summed E-state index contributed by atoms with van der Waals surface area (Å²) in [5.74, 6) is 0. The molecule has 3 heteroatoms. The van der Waals surface area contributed by atoms with E-state index in [9.17, 15) is 0 Å². The van der Waals surface area contributed by atoms with E-state index in [1.54, 1.807) is 7.11 Å². The van der Waals surface area contributed by atoms with Gasteiger partial charge in [-0.3, -0.25) is 0 Å². The molecule has 1 aliphatic heterocycles. The zero-order chi connectivity index (χ0) is 8.97. The van der Waals surface area contributed by atoms with Gasteiger partial charge in [0.15, 0.2) is 0 Å². The van der Waals surface area contributed by atoms with E-state index in [0.29, 0.717) is 12.1 Å². The predicted molar refractivity (Wildman–Crippen MR) is 50.1 cm³/mol. The van der Waals surface area contributed by atoms with Gasteiger partial charge >= 0.3 is 0 Å². The highest BCUT2D eigenvalue weighted by Crippen LogP contribution is 2.11. The molecule has 0 aromatic rings. The van der Waals surface area contributed by atoms with Crippen LogP contribution in [0.5, 0.6) is 0 Å². The fourth-order valence-electron chi connectivity index (χ4n) is 1.58. The minimum atomic E-state index is 0.326. The van der Waals surface area contributed by atoms with Gasteiger partial charge in [-0.2, -0.15) is 0 Å². The van der Waals surface area contributed by atoms with Gasteiger partial charge in [-0.1, -0.05) is 0 Å². The van der Waals surface area contributed by atoms with Crippen LogP contribution in [0.25, 0.3) is 0 Å². The molecule has 72 valence electrons. The molecule has 2 N–H and O–H groups in total. The van der Waals surface area contributed by atoms with E-state index in [1.165, 1.54) is 13.0 Å². The fourth-order valence-corrected chi connectivity index (χ4v) is 1.58. The Morgan fingerprint density at radius 1 is 1.67 bits per heavy atom. The molecule has 0 radical (unpaired) electrons. The van der Waals surface area contributed by atoms with Crippen molar-refractivity contribution in [3.8, 4) is 0 Å². The van der Waals surface area contributed by atoms with Crippen molar-refractivity contribution in [2.75, 3.05) is 26.7 Å². The molecule has 0 aromatic heterocycles. The summed E-state index contributed by atoms with van der Waals surface area (Å²) in [5, 5.41) is 0. The van der Waals surface area contributed by atoms with Gasteiger partial charge in [-0.25, -0.2) is 0 Å². The average molecular weight is 172 g/mol. The van der Waals surface area contributed by atoms with Crippen LogP contribution in [-0.2, 0) is 4.74 Å². The van der Waals surface area contributed by atoms with Crippen molar-refractivity contribution in [2.24, 2.45) is 5.73 Å². The molecule has 3 nitrogen and oxygen atoms in total. The van der Waals surface area contributed by atoms with E-state index < -0.39 is 0 Å². The van der Waals surface area contributed by atoms with Crippen LogP contribution < -0.4 is 5.73 Å². The Hall–Kier alpha value is -0.120. The van der Waals surface area contributed by atoms with Crippen LogP contribution in [0.3, 0.4) is 0 Å². The van der Waals surface area contributed by atoms with Crippen LogP contribution in [-0.4, -0.2) is 43.8 Å². The minimum Gasteiger partial charge on any atom is -0.380 e. The van der Waals surface area contributed by atoms with E-state index >= 15 is 0 Å².